The normalized spacial score (nSPS) is 22.1. The van der Waals surface area contributed by atoms with Crippen LogP contribution in [0.3, 0.4) is 0 Å². The minimum absolute atomic E-state index is 0.0765. The first-order valence-electron chi connectivity index (χ1n) is 8.99. The molecule has 0 radical (unpaired) electrons. The van der Waals surface area contributed by atoms with E-state index in [0.29, 0.717) is 29.7 Å². The van der Waals surface area contributed by atoms with Gasteiger partial charge in [-0.1, -0.05) is 30.7 Å². The Morgan fingerprint density at radius 3 is 2.70 bits per heavy atom. The molecule has 2 unspecified atom stereocenters. The third-order valence-corrected chi connectivity index (χ3v) is 4.94. The molecule has 1 fully saturated rings. The van der Waals surface area contributed by atoms with Crippen LogP contribution in [0.1, 0.15) is 18.9 Å². The van der Waals surface area contributed by atoms with Crippen molar-refractivity contribution in [2.75, 3.05) is 6.61 Å². The lowest BCUT2D eigenvalue weighted by Gasteiger charge is -2.29. The van der Waals surface area contributed by atoms with Gasteiger partial charge in [-0.15, -0.1) is 0 Å². The molecule has 1 aromatic heterocycles. The molecule has 2 aromatic carbocycles. The van der Waals surface area contributed by atoms with Crippen molar-refractivity contribution < 1.29 is 14.2 Å². The van der Waals surface area contributed by atoms with Gasteiger partial charge < -0.3 is 18.8 Å². The molecule has 0 amide bonds. The summed E-state index contributed by atoms with van der Waals surface area (Å²) in [7, 11) is 0. The van der Waals surface area contributed by atoms with Crippen LogP contribution in [0.2, 0.25) is 5.02 Å². The van der Waals surface area contributed by atoms with Crippen LogP contribution in [0.25, 0.3) is 0 Å². The number of para-hydroxylation sites is 1. The van der Waals surface area contributed by atoms with E-state index in [1.807, 2.05) is 53.2 Å². The number of hydrogen-bond donors (Lipinski definition) is 0. The first kappa shape index (κ1) is 18.0. The van der Waals surface area contributed by atoms with E-state index in [-0.39, 0.29) is 6.10 Å². The molecule has 1 aliphatic rings. The molecule has 27 heavy (non-hydrogen) atoms. The van der Waals surface area contributed by atoms with Gasteiger partial charge in [0.2, 0.25) is 5.79 Å². The molecular formula is C21H21ClN2O3. The first-order chi connectivity index (χ1) is 13.2. The smallest absolute Gasteiger partial charge is 0.213 e. The molecule has 0 N–H and O–H groups in total. The summed E-state index contributed by atoms with van der Waals surface area (Å²) in [5.41, 5.74) is 0.943. The summed E-state index contributed by atoms with van der Waals surface area (Å²) in [5.74, 6) is 0.499. The minimum Gasteiger partial charge on any atom is -0.456 e. The molecule has 0 aliphatic carbocycles. The van der Waals surface area contributed by atoms with Crippen LogP contribution in [0.4, 0.5) is 0 Å². The van der Waals surface area contributed by atoms with Crippen molar-refractivity contribution in [3.05, 3.63) is 77.8 Å². The molecule has 140 valence electrons. The van der Waals surface area contributed by atoms with Crippen LogP contribution in [-0.4, -0.2) is 22.3 Å². The summed E-state index contributed by atoms with van der Waals surface area (Å²) in [6.45, 7) is 3.21. The highest BCUT2D eigenvalue weighted by molar-refractivity contribution is 6.32. The maximum absolute atomic E-state index is 6.30. The van der Waals surface area contributed by atoms with Crippen molar-refractivity contribution in [1.82, 2.24) is 9.55 Å². The molecule has 3 aromatic rings. The molecule has 2 atom stereocenters. The summed E-state index contributed by atoms with van der Waals surface area (Å²) in [6.07, 6.45) is 6.40. The number of hydrogen-bond acceptors (Lipinski definition) is 4. The van der Waals surface area contributed by atoms with Crippen LogP contribution in [0.5, 0.6) is 11.5 Å². The quantitative estimate of drug-likeness (QED) is 0.599. The van der Waals surface area contributed by atoms with Gasteiger partial charge in [0.05, 0.1) is 30.6 Å². The second-order valence-electron chi connectivity index (χ2n) is 6.50. The maximum Gasteiger partial charge on any atom is 0.213 e. The lowest BCUT2D eigenvalue weighted by Crippen LogP contribution is -2.33. The van der Waals surface area contributed by atoms with E-state index in [9.17, 15) is 0 Å². The molecule has 0 bridgehead atoms. The average molecular weight is 385 g/mol. The van der Waals surface area contributed by atoms with Crippen LogP contribution in [-0.2, 0) is 21.8 Å². The Labute approximate surface area is 163 Å². The highest BCUT2D eigenvalue weighted by atomic mass is 35.5. The Hall–Kier alpha value is -2.34. The van der Waals surface area contributed by atoms with E-state index in [1.165, 1.54) is 0 Å². The number of ether oxygens (including phenoxy) is 3. The third kappa shape index (κ3) is 3.86. The van der Waals surface area contributed by atoms with Crippen LogP contribution < -0.4 is 4.74 Å². The molecular weight excluding hydrogens is 364 g/mol. The molecule has 5 nitrogen and oxygen atoms in total. The molecule has 1 saturated heterocycles. The van der Waals surface area contributed by atoms with Crippen molar-refractivity contribution in [1.29, 1.82) is 0 Å². The van der Waals surface area contributed by atoms with Gasteiger partial charge in [-0.3, -0.25) is 0 Å². The minimum atomic E-state index is -0.829. The van der Waals surface area contributed by atoms with Crippen molar-refractivity contribution >= 4 is 11.6 Å². The van der Waals surface area contributed by atoms with E-state index in [4.69, 9.17) is 25.8 Å². The predicted molar refractivity (Wildman–Crippen MR) is 103 cm³/mol. The Morgan fingerprint density at radius 2 is 2.04 bits per heavy atom. The lowest BCUT2D eigenvalue weighted by atomic mass is 10.1. The molecule has 1 aliphatic heterocycles. The predicted octanol–water partition coefficient (Wildman–Crippen LogP) is 5.01. The van der Waals surface area contributed by atoms with Gasteiger partial charge in [-0.2, -0.15) is 0 Å². The van der Waals surface area contributed by atoms with Gasteiger partial charge in [0.1, 0.15) is 11.5 Å². The van der Waals surface area contributed by atoms with E-state index in [0.717, 1.165) is 12.0 Å². The van der Waals surface area contributed by atoms with Crippen LogP contribution >= 0.6 is 11.6 Å². The van der Waals surface area contributed by atoms with Gasteiger partial charge in [0.25, 0.3) is 0 Å². The highest BCUT2D eigenvalue weighted by Gasteiger charge is 2.43. The van der Waals surface area contributed by atoms with Crippen molar-refractivity contribution in [3.63, 3.8) is 0 Å². The standard InChI is InChI=1S/C21H21ClN2O3/c1-2-17-13-25-21(27-17,14-24-12-11-23-15-24)16-7-9-18(10-8-16)26-20-6-4-3-5-19(20)22/h3-12,15,17H,2,13-14H2,1H3. The molecule has 0 saturated carbocycles. The SMILES string of the molecule is CCC1COC(Cn2ccnc2)(c2ccc(Oc3ccccc3Cl)cc2)O1. The second-order valence-corrected chi connectivity index (χ2v) is 6.91. The summed E-state index contributed by atoms with van der Waals surface area (Å²) in [6, 6.07) is 15.2. The van der Waals surface area contributed by atoms with Crippen LogP contribution in [0, 0.1) is 0 Å². The summed E-state index contributed by atoms with van der Waals surface area (Å²) in [5, 5.41) is 0.575. The largest absolute Gasteiger partial charge is 0.456 e. The Balaban J connectivity index is 1.58. The van der Waals surface area contributed by atoms with E-state index in [2.05, 4.69) is 11.9 Å². The number of aromatic nitrogens is 2. The molecule has 2 heterocycles. The number of halogens is 1. The van der Waals surface area contributed by atoms with Gasteiger partial charge in [0.15, 0.2) is 0 Å². The Bertz CT molecular complexity index is 883. The fourth-order valence-corrected chi connectivity index (χ4v) is 3.32. The van der Waals surface area contributed by atoms with E-state index < -0.39 is 5.79 Å². The van der Waals surface area contributed by atoms with E-state index in [1.54, 1.807) is 18.6 Å². The first-order valence-corrected chi connectivity index (χ1v) is 9.37. The zero-order chi connectivity index (χ0) is 18.7. The fourth-order valence-electron chi connectivity index (χ4n) is 3.14. The number of rotatable bonds is 6. The van der Waals surface area contributed by atoms with Gasteiger partial charge in [-0.05, 0) is 42.8 Å². The Morgan fingerprint density at radius 1 is 1.22 bits per heavy atom. The van der Waals surface area contributed by atoms with Gasteiger partial charge in [-0.25, -0.2) is 4.98 Å². The molecule has 6 heteroatoms. The molecule has 4 rings (SSSR count). The van der Waals surface area contributed by atoms with Crippen molar-refractivity contribution in [2.45, 2.75) is 31.8 Å². The highest BCUT2D eigenvalue weighted by Crippen LogP contribution is 2.38. The Kier molecular flexibility index (Phi) is 5.16. The number of nitrogens with zero attached hydrogens (tertiary/aromatic N) is 2. The van der Waals surface area contributed by atoms with E-state index >= 15 is 0 Å². The summed E-state index contributed by atoms with van der Waals surface area (Å²) < 4.78 is 20.3. The second kappa shape index (κ2) is 7.72. The average Bonchev–Trinajstić information content (AvgIpc) is 3.35. The fraction of sp³-hybridized carbons (Fsp3) is 0.286. The molecule has 0 spiro atoms. The number of benzene rings is 2. The van der Waals surface area contributed by atoms with Gasteiger partial charge >= 0.3 is 0 Å². The lowest BCUT2D eigenvalue weighted by molar-refractivity contribution is -0.187. The van der Waals surface area contributed by atoms with Crippen molar-refractivity contribution in [2.24, 2.45) is 0 Å². The zero-order valence-electron chi connectivity index (χ0n) is 15.0. The topological polar surface area (TPSA) is 45.5 Å². The summed E-state index contributed by atoms with van der Waals surface area (Å²) >= 11 is 6.17. The van der Waals surface area contributed by atoms with Crippen molar-refractivity contribution in [3.8, 4) is 11.5 Å². The number of imidazole rings is 1. The van der Waals surface area contributed by atoms with Gasteiger partial charge in [0, 0.05) is 18.0 Å². The monoisotopic (exact) mass is 384 g/mol. The third-order valence-electron chi connectivity index (χ3n) is 4.62. The van der Waals surface area contributed by atoms with Crippen LogP contribution in [0.15, 0.2) is 67.3 Å². The summed E-state index contributed by atoms with van der Waals surface area (Å²) in [4.78, 5) is 4.12. The maximum atomic E-state index is 6.30. The zero-order valence-corrected chi connectivity index (χ0v) is 15.8.